The molecule has 1 amide bonds. The summed E-state index contributed by atoms with van der Waals surface area (Å²) in [5, 5.41) is 3.27. The van der Waals surface area contributed by atoms with E-state index in [-0.39, 0.29) is 5.91 Å². The van der Waals surface area contributed by atoms with Crippen LogP contribution in [0.5, 0.6) is 5.75 Å². The molecule has 1 N–H and O–H groups in total. The smallest absolute Gasteiger partial charge is 0.255 e. The summed E-state index contributed by atoms with van der Waals surface area (Å²) in [6, 6.07) is 5.77. The van der Waals surface area contributed by atoms with Crippen LogP contribution in [0.3, 0.4) is 0 Å². The molecule has 1 spiro atoms. The van der Waals surface area contributed by atoms with Gasteiger partial charge in [-0.25, -0.2) is 9.97 Å². The first kappa shape index (κ1) is 23.1. The van der Waals surface area contributed by atoms with Crippen LogP contribution in [0.15, 0.2) is 36.9 Å². The van der Waals surface area contributed by atoms with Gasteiger partial charge in [0.15, 0.2) is 5.82 Å². The molecule has 3 aromatic rings. The maximum Gasteiger partial charge on any atom is 0.255 e. The monoisotopic (exact) mass is 479 g/mol. The van der Waals surface area contributed by atoms with Crippen molar-refractivity contribution in [3.63, 3.8) is 0 Å². The summed E-state index contributed by atoms with van der Waals surface area (Å²) in [6.45, 7) is 3.62. The lowest BCUT2D eigenvalue weighted by Gasteiger charge is -2.46. The summed E-state index contributed by atoms with van der Waals surface area (Å²) >= 11 is 0. The van der Waals surface area contributed by atoms with Gasteiger partial charge < -0.3 is 33.9 Å². The van der Waals surface area contributed by atoms with Crippen LogP contribution < -0.4 is 19.9 Å². The number of carbonyl (C=O) groups is 1. The van der Waals surface area contributed by atoms with Gasteiger partial charge in [-0.05, 0) is 19.1 Å². The number of imidazole rings is 1. The van der Waals surface area contributed by atoms with Crippen LogP contribution in [0, 0.1) is 6.92 Å². The highest BCUT2D eigenvalue weighted by atomic mass is 16.5. The molecule has 184 valence electrons. The molecule has 1 unspecified atom stereocenters. The molecule has 1 fully saturated rings. The van der Waals surface area contributed by atoms with Gasteiger partial charge in [0.1, 0.15) is 17.0 Å². The number of anilines is 4. The Labute approximate surface area is 203 Å². The number of carbonyl (C=O) groups excluding carboxylic acids is 1. The Bertz CT molecular complexity index is 1240. The van der Waals surface area contributed by atoms with E-state index in [1.807, 2.05) is 47.8 Å². The topological polar surface area (TPSA) is 107 Å². The van der Waals surface area contributed by atoms with E-state index in [0.29, 0.717) is 56.0 Å². The second kappa shape index (κ2) is 9.16. The molecule has 1 atom stereocenters. The van der Waals surface area contributed by atoms with Gasteiger partial charge in [-0.3, -0.25) is 4.79 Å². The minimum Gasteiger partial charge on any atom is -0.494 e. The predicted molar refractivity (Wildman–Crippen MR) is 131 cm³/mol. The van der Waals surface area contributed by atoms with Crippen LogP contribution in [-0.4, -0.2) is 78.6 Å². The highest BCUT2D eigenvalue weighted by Crippen LogP contribution is 2.42. The number of likely N-dealkylation sites (N-methyl/N-ethyl adjacent to an activating group) is 1. The van der Waals surface area contributed by atoms with Gasteiger partial charge in [-0.2, -0.15) is 4.98 Å². The maximum absolute atomic E-state index is 13.5. The van der Waals surface area contributed by atoms with Crippen molar-refractivity contribution in [2.75, 3.05) is 62.7 Å². The van der Waals surface area contributed by atoms with Gasteiger partial charge in [0.25, 0.3) is 5.91 Å². The molecular formula is C24H29N7O4. The van der Waals surface area contributed by atoms with Crippen molar-refractivity contribution in [1.82, 2.24) is 19.5 Å². The number of rotatable bonds is 7. The number of aromatic nitrogens is 4. The largest absolute Gasteiger partial charge is 0.494 e. The predicted octanol–water partition coefficient (Wildman–Crippen LogP) is 2.31. The lowest BCUT2D eigenvalue weighted by molar-refractivity contribution is -0.124. The molecule has 1 aromatic carbocycles. The van der Waals surface area contributed by atoms with Crippen molar-refractivity contribution in [3.05, 3.63) is 42.6 Å². The van der Waals surface area contributed by atoms with E-state index in [9.17, 15) is 4.79 Å². The van der Waals surface area contributed by atoms with E-state index in [1.54, 1.807) is 31.6 Å². The number of methoxy groups -OCH3 is 2. The first-order valence-electron chi connectivity index (χ1n) is 11.4. The number of fused-ring (bicyclic) bond motifs is 1. The normalized spacial score (nSPS) is 19.4. The third-order valence-corrected chi connectivity index (χ3v) is 6.59. The Morgan fingerprint density at radius 1 is 1.23 bits per heavy atom. The average molecular weight is 480 g/mol. The van der Waals surface area contributed by atoms with E-state index in [4.69, 9.17) is 19.2 Å². The summed E-state index contributed by atoms with van der Waals surface area (Å²) < 4.78 is 18.4. The van der Waals surface area contributed by atoms with Crippen molar-refractivity contribution in [1.29, 1.82) is 0 Å². The highest BCUT2D eigenvalue weighted by Gasteiger charge is 2.53. The molecule has 4 heterocycles. The van der Waals surface area contributed by atoms with Crippen LogP contribution in [0.4, 0.5) is 23.1 Å². The number of nitrogens with zero attached hydrogens (tertiary/aromatic N) is 6. The number of aryl methyl sites for hydroxylation is 1. The van der Waals surface area contributed by atoms with Gasteiger partial charge in [0.2, 0.25) is 5.95 Å². The molecule has 2 aromatic heterocycles. The van der Waals surface area contributed by atoms with Gasteiger partial charge in [0.05, 0.1) is 44.2 Å². The van der Waals surface area contributed by atoms with E-state index in [0.717, 1.165) is 17.1 Å². The Hall–Kier alpha value is -3.70. The molecule has 35 heavy (non-hydrogen) atoms. The molecule has 0 aliphatic carbocycles. The Balaban J connectivity index is 1.47. The fraction of sp³-hybridized carbons (Fsp3) is 0.417. The van der Waals surface area contributed by atoms with Crippen LogP contribution in [0.1, 0.15) is 12.1 Å². The average Bonchev–Trinajstić information content (AvgIpc) is 3.53. The summed E-state index contributed by atoms with van der Waals surface area (Å²) in [5.41, 5.74) is 2.44. The van der Waals surface area contributed by atoms with Gasteiger partial charge in [-0.15, -0.1) is 0 Å². The highest BCUT2D eigenvalue weighted by molar-refractivity contribution is 6.08. The SMILES string of the molecule is COCCN1C(=O)C2(CCOC2)N(C)c2nc(Nc3ccc(-n4cnc(C)c4)c(OC)c3)ncc21. The molecule has 0 saturated carbocycles. The molecule has 0 radical (unpaired) electrons. The quantitative estimate of drug-likeness (QED) is 0.546. The molecule has 11 heteroatoms. The van der Waals surface area contributed by atoms with Crippen LogP contribution >= 0.6 is 0 Å². The summed E-state index contributed by atoms with van der Waals surface area (Å²) in [4.78, 5) is 30.7. The minimum absolute atomic E-state index is 0.0126. The van der Waals surface area contributed by atoms with E-state index >= 15 is 0 Å². The molecule has 5 rings (SSSR count). The van der Waals surface area contributed by atoms with Gasteiger partial charge in [-0.1, -0.05) is 0 Å². The lowest BCUT2D eigenvalue weighted by Crippen LogP contribution is -2.63. The molecular weight excluding hydrogens is 450 g/mol. The third-order valence-electron chi connectivity index (χ3n) is 6.59. The summed E-state index contributed by atoms with van der Waals surface area (Å²) in [7, 11) is 5.14. The van der Waals surface area contributed by atoms with Crippen molar-refractivity contribution >= 4 is 29.0 Å². The maximum atomic E-state index is 13.5. The van der Waals surface area contributed by atoms with Crippen molar-refractivity contribution in [2.24, 2.45) is 0 Å². The van der Waals surface area contributed by atoms with Crippen molar-refractivity contribution in [3.8, 4) is 11.4 Å². The van der Waals surface area contributed by atoms with Crippen LogP contribution in [0.25, 0.3) is 5.69 Å². The zero-order chi connectivity index (χ0) is 24.6. The molecule has 1 saturated heterocycles. The zero-order valence-electron chi connectivity index (χ0n) is 20.3. The number of hydrogen-bond acceptors (Lipinski definition) is 9. The minimum atomic E-state index is -0.778. The number of nitrogens with one attached hydrogen (secondary N) is 1. The fourth-order valence-corrected chi connectivity index (χ4v) is 4.61. The zero-order valence-corrected chi connectivity index (χ0v) is 20.3. The van der Waals surface area contributed by atoms with Crippen molar-refractivity contribution in [2.45, 2.75) is 18.9 Å². The Morgan fingerprint density at radius 2 is 2.09 bits per heavy atom. The van der Waals surface area contributed by atoms with Gasteiger partial charge in [0, 0.05) is 51.7 Å². The fourth-order valence-electron chi connectivity index (χ4n) is 4.61. The number of benzene rings is 1. The lowest BCUT2D eigenvalue weighted by atomic mass is 9.92. The number of ether oxygens (including phenoxy) is 3. The molecule has 11 nitrogen and oxygen atoms in total. The van der Waals surface area contributed by atoms with Crippen LogP contribution in [0.2, 0.25) is 0 Å². The summed E-state index contributed by atoms with van der Waals surface area (Å²) in [5.74, 6) is 1.75. The molecule has 2 aliphatic heterocycles. The Morgan fingerprint density at radius 3 is 2.77 bits per heavy atom. The van der Waals surface area contributed by atoms with Crippen molar-refractivity contribution < 1.29 is 19.0 Å². The molecule has 2 aliphatic rings. The van der Waals surface area contributed by atoms with E-state index in [2.05, 4.69) is 15.3 Å². The first-order valence-corrected chi connectivity index (χ1v) is 11.4. The van der Waals surface area contributed by atoms with Crippen LogP contribution in [-0.2, 0) is 14.3 Å². The second-order valence-electron chi connectivity index (χ2n) is 8.68. The van der Waals surface area contributed by atoms with E-state index < -0.39 is 5.54 Å². The second-order valence-corrected chi connectivity index (χ2v) is 8.68. The number of hydrogen-bond donors (Lipinski definition) is 1. The number of amides is 1. The van der Waals surface area contributed by atoms with E-state index in [1.165, 1.54) is 0 Å². The third kappa shape index (κ3) is 3.96. The Kier molecular flexibility index (Phi) is 6.03. The van der Waals surface area contributed by atoms with Gasteiger partial charge >= 0.3 is 0 Å². The first-order chi connectivity index (χ1) is 17.0. The molecule has 0 bridgehead atoms. The standard InChI is InChI=1S/C24H29N7O4/c1-16-13-30(15-26-16)18-6-5-17(11-20(18)34-4)27-23-25-12-19-21(28-23)29(2)24(7-9-35-14-24)22(32)31(19)8-10-33-3/h5-6,11-13,15H,7-10,14H2,1-4H3,(H,25,27,28). The summed E-state index contributed by atoms with van der Waals surface area (Å²) in [6.07, 6.45) is 5.97.